The summed E-state index contributed by atoms with van der Waals surface area (Å²) < 4.78 is 23.1. The molecule has 1 N–H and O–H groups in total. The lowest BCUT2D eigenvalue weighted by Gasteiger charge is -2.53. The number of nitrogens with zero attached hydrogens (tertiary/aromatic N) is 3. The molecule has 3 aliphatic heterocycles. The van der Waals surface area contributed by atoms with Gasteiger partial charge >= 0.3 is 12.1 Å². The van der Waals surface area contributed by atoms with E-state index >= 15 is 0 Å². The maximum absolute atomic E-state index is 12.6. The zero-order chi connectivity index (χ0) is 24.7. The highest BCUT2D eigenvalue weighted by Crippen LogP contribution is 2.39. The molecule has 0 unspecified atom stereocenters. The topological polar surface area (TPSA) is 111 Å². The highest BCUT2D eigenvalue weighted by atomic mass is 16.6. The quantitative estimate of drug-likeness (QED) is 0.656. The summed E-state index contributed by atoms with van der Waals surface area (Å²) in [6.07, 6.45) is 6.02. The first-order valence-electron chi connectivity index (χ1n) is 11.4. The molecule has 0 saturated carbocycles. The summed E-state index contributed by atoms with van der Waals surface area (Å²) >= 11 is 0. The van der Waals surface area contributed by atoms with Crippen LogP contribution in [0.4, 0.5) is 10.5 Å². The lowest BCUT2D eigenvalue weighted by Crippen LogP contribution is -2.68. The van der Waals surface area contributed by atoms with E-state index in [-0.39, 0.29) is 19.0 Å². The summed E-state index contributed by atoms with van der Waals surface area (Å²) in [7, 11) is 0. The molecule has 184 valence electrons. The number of hydrogen-bond acceptors (Lipinski definition) is 8. The van der Waals surface area contributed by atoms with Crippen LogP contribution in [0.25, 0.3) is 0 Å². The van der Waals surface area contributed by atoms with Crippen LogP contribution in [-0.2, 0) is 19.0 Å². The Labute approximate surface area is 199 Å². The molecule has 4 heterocycles. The van der Waals surface area contributed by atoms with Gasteiger partial charge in [0.1, 0.15) is 29.0 Å². The van der Waals surface area contributed by atoms with Crippen LogP contribution in [0, 0.1) is 12.3 Å². The van der Waals surface area contributed by atoms with Gasteiger partial charge in [-0.05, 0) is 33.8 Å². The van der Waals surface area contributed by atoms with Crippen molar-refractivity contribution in [3.8, 4) is 18.2 Å². The van der Waals surface area contributed by atoms with E-state index in [4.69, 9.17) is 25.4 Å². The van der Waals surface area contributed by atoms with Gasteiger partial charge in [0.05, 0.1) is 32.4 Å². The standard InChI is InChI=1S/C24H31N3O7/c1-6-16-9-18(26-7-8-32-24(15(26)2)13-31-14-24)20(25-11-16)33-17-10-19(21(28)29)27(12-17)22(30)34-23(3,4)5/h1,9,11,15,17,19H,7-8,10,12-14H2,2-5H3,(H,28,29)/t15-,17-,19-/m0/s1. The van der Waals surface area contributed by atoms with Crippen LogP contribution in [0.2, 0.25) is 0 Å². The van der Waals surface area contributed by atoms with E-state index in [1.54, 1.807) is 27.0 Å². The molecule has 0 aromatic carbocycles. The average Bonchev–Trinajstić information content (AvgIpc) is 3.16. The SMILES string of the molecule is C#Cc1cnc(O[C@H]2C[C@@H](C(=O)O)N(C(=O)OC(C)(C)C)C2)c(N2CCOC3(COC3)[C@@H]2C)c1. The van der Waals surface area contributed by atoms with Crippen LogP contribution in [0.1, 0.15) is 39.7 Å². The van der Waals surface area contributed by atoms with Gasteiger partial charge in [-0.25, -0.2) is 14.6 Å². The smallest absolute Gasteiger partial charge is 0.411 e. The Morgan fingerprint density at radius 2 is 2.09 bits per heavy atom. The summed E-state index contributed by atoms with van der Waals surface area (Å²) in [4.78, 5) is 32.3. The molecule has 3 atom stereocenters. The van der Waals surface area contributed by atoms with Crippen molar-refractivity contribution in [1.29, 1.82) is 0 Å². The maximum atomic E-state index is 12.6. The van der Waals surface area contributed by atoms with Gasteiger partial charge in [0.2, 0.25) is 5.88 Å². The second kappa shape index (κ2) is 8.96. The van der Waals surface area contributed by atoms with Crippen molar-refractivity contribution in [2.75, 3.05) is 37.8 Å². The molecule has 34 heavy (non-hydrogen) atoms. The molecular weight excluding hydrogens is 442 g/mol. The van der Waals surface area contributed by atoms with Crippen molar-refractivity contribution in [1.82, 2.24) is 9.88 Å². The highest BCUT2D eigenvalue weighted by molar-refractivity contribution is 5.81. The number of carbonyl (C=O) groups excluding carboxylic acids is 1. The fourth-order valence-corrected chi connectivity index (χ4v) is 4.52. The van der Waals surface area contributed by atoms with Gasteiger partial charge in [-0.1, -0.05) is 5.92 Å². The number of anilines is 1. The van der Waals surface area contributed by atoms with Crippen LogP contribution >= 0.6 is 0 Å². The van der Waals surface area contributed by atoms with E-state index in [1.165, 1.54) is 4.90 Å². The van der Waals surface area contributed by atoms with Crippen LogP contribution in [0.15, 0.2) is 12.3 Å². The third kappa shape index (κ3) is 4.63. The molecule has 0 radical (unpaired) electrons. The Morgan fingerprint density at radius 3 is 2.68 bits per heavy atom. The number of aliphatic carboxylic acids is 1. The van der Waals surface area contributed by atoms with Gasteiger partial charge in [0, 0.05) is 24.7 Å². The zero-order valence-corrected chi connectivity index (χ0v) is 19.9. The minimum atomic E-state index is -1.11. The van der Waals surface area contributed by atoms with E-state index in [9.17, 15) is 14.7 Å². The van der Waals surface area contributed by atoms with Gasteiger partial charge < -0.3 is 29.0 Å². The average molecular weight is 474 g/mol. The molecule has 1 spiro atoms. The molecular formula is C24H31N3O7. The van der Waals surface area contributed by atoms with E-state index in [1.807, 2.05) is 6.07 Å². The summed E-state index contributed by atoms with van der Waals surface area (Å²) in [6, 6.07) is 0.777. The van der Waals surface area contributed by atoms with E-state index in [2.05, 4.69) is 22.7 Å². The van der Waals surface area contributed by atoms with Crippen molar-refractivity contribution in [3.63, 3.8) is 0 Å². The largest absolute Gasteiger partial charge is 0.480 e. The normalized spacial score (nSPS) is 26.0. The number of terminal acetylenes is 1. The number of morpholine rings is 1. The molecule has 3 saturated heterocycles. The highest BCUT2D eigenvalue weighted by Gasteiger charge is 2.50. The fourth-order valence-electron chi connectivity index (χ4n) is 4.52. The van der Waals surface area contributed by atoms with Crippen LogP contribution in [-0.4, -0.2) is 89.4 Å². The van der Waals surface area contributed by atoms with Crippen LogP contribution in [0.5, 0.6) is 5.88 Å². The molecule has 0 aliphatic carbocycles. The number of hydrogen-bond donors (Lipinski definition) is 1. The minimum Gasteiger partial charge on any atom is -0.480 e. The molecule has 3 fully saturated rings. The van der Waals surface area contributed by atoms with Gasteiger partial charge in [0.15, 0.2) is 0 Å². The van der Waals surface area contributed by atoms with Crippen molar-refractivity contribution in [2.24, 2.45) is 0 Å². The zero-order valence-electron chi connectivity index (χ0n) is 19.9. The van der Waals surface area contributed by atoms with Crippen molar-refractivity contribution < 1.29 is 33.6 Å². The molecule has 1 amide bonds. The number of ether oxygens (including phenoxy) is 4. The van der Waals surface area contributed by atoms with Gasteiger partial charge in [0.25, 0.3) is 0 Å². The number of likely N-dealkylation sites (tertiary alicyclic amines) is 1. The minimum absolute atomic E-state index is 0.0132. The number of aromatic nitrogens is 1. The molecule has 4 rings (SSSR count). The summed E-state index contributed by atoms with van der Waals surface area (Å²) in [6.45, 7) is 9.49. The van der Waals surface area contributed by atoms with Gasteiger partial charge in [-0.15, -0.1) is 6.42 Å². The number of carboxylic acid groups (broad SMARTS) is 1. The van der Waals surface area contributed by atoms with E-state index < -0.39 is 35.4 Å². The maximum Gasteiger partial charge on any atom is 0.411 e. The summed E-state index contributed by atoms with van der Waals surface area (Å²) in [5.74, 6) is 1.84. The number of carbonyl (C=O) groups is 2. The number of rotatable bonds is 4. The van der Waals surface area contributed by atoms with Crippen molar-refractivity contribution in [3.05, 3.63) is 17.8 Å². The first kappa shape index (κ1) is 24.1. The van der Waals surface area contributed by atoms with Crippen LogP contribution < -0.4 is 9.64 Å². The summed E-state index contributed by atoms with van der Waals surface area (Å²) in [5, 5.41) is 9.69. The van der Waals surface area contributed by atoms with Crippen molar-refractivity contribution >= 4 is 17.7 Å². The first-order chi connectivity index (χ1) is 16.0. The number of carboxylic acids is 1. The third-order valence-corrected chi connectivity index (χ3v) is 6.41. The van der Waals surface area contributed by atoms with Gasteiger partial charge in [-0.2, -0.15) is 0 Å². The number of pyridine rings is 1. The lowest BCUT2D eigenvalue weighted by molar-refractivity contribution is -0.228. The predicted octanol–water partition coefficient (Wildman–Crippen LogP) is 1.90. The first-order valence-corrected chi connectivity index (χ1v) is 11.4. The third-order valence-electron chi connectivity index (χ3n) is 6.41. The van der Waals surface area contributed by atoms with E-state index in [0.717, 1.165) is 0 Å². The van der Waals surface area contributed by atoms with Gasteiger partial charge in [-0.3, -0.25) is 4.90 Å². The Balaban J connectivity index is 1.57. The monoisotopic (exact) mass is 473 g/mol. The molecule has 1 aromatic rings. The second-order valence-electron chi connectivity index (χ2n) is 9.93. The van der Waals surface area contributed by atoms with Crippen molar-refractivity contribution in [2.45, 2.75) is 63.5 Å². The molecule has 10 heteroatoms. The molecule has 10 nitrogen and oxygen atoms in total. The fraction of sp³-hybridized carbons (Fsp3) is 0.625. The molecule has 3 aliphatic rings. The van der Waals surface area contributed by atoms with E-state index in [0.29, 0.717) is 43.5 Å². The predicted molar refractivity (Wildman–Crippen MR) is 122 cm³/mol. The molecule has 1 aromatic heterocycles. The Bertz CT molecular complexity index is 995. The Kier molecular flexibility index (Phi) is 6.36. The Hall–Kier alpha value is -3.03. The number of amides is 1. The molecule has 0 bridgehead atoms. The Morgan fingerprint density at radius 1 is 1.35 bits per heavy atom. The van der Waals surface area contributed by atoms with Crippen LogP contribution in [0.3, 0.4) is 0 Å². The lowest BCUT2D eigenvalue weighted by atomic mass is 9.90. The summed E-state index contributed by atoms with van der Waals surface area (Å²) in [5.41, 5.74) is 0.175. The second-order valence-corrected chi connectivity index (χ2v) is 9.93.